The monoisotopic (exact) mass is 305 g/mol. The molecule has 1 heterocycles. The highest BCUT2D eigenvalue weighted by molar-refractivity contribution is 5.90. The van der Waals surface area contributed by atoms with Crippen LogP contribution in [0.25, 0.3) is 23.1 Å². The summed E-state index contributed by atoms with van der Waals surface area (Å²) >= 11 is 0. The van der Waals surface area contributed by atoms with Crippen LogP contribution < -0.4 is 4.74 Å². The van der Waals surface area contributed by atoms with Crippen LogP contribution in [0, 0.1) is 0 Å². The lowest BCUT2D eigenvalue weighted by Crippen LogP contribution is -2.09. The molecule has 0 radical (unpaired) electrons. The van der Waals surface area contributed by atoms with Crippen LogP contribution >= 0.6 is 0 Å². The second-order valence-electron chi connectivity index (χ2n) is 5.00. The number of aromatic nitrogens is 1. The number of nitrogens with zero attached hydrogens (tertiary/aromatic N) is 1. The minimum atomic E-state index is -0.987. The van der Waals surface area contributed by atoms with Crippen molar-refractivity contribution in [2.45, 2.75) is 0 Å². The molecule has 0 fully saturated rings. The first-order chi connectivity index (χ1) is 11.2. The van der Waals surface area contributed by atoms with Gasteiger partial charge in [0.25, 0.3) is 0 Å². The van der Waals surface area contributed by atoms with Crippen molar-refractivity contribution in [2.75, 3.05) is 6.61 Å². The Hall–Kier alpha value is -3.14. The Morgan fingerprint density at radius 1 is 1.04 bits per heavy atom. The fourth-order valence-corrected chi connectivity index (χ4v) is 2.27. The Labute approximate surface area is 133 Å². The first kappa shape index (κ1) is 14.8. The van der Waals surface area contributed by atoms with Gasteiger partial charge in [-0.25, -0.2) is 4.79 Å². The minimum Gasteiger partial charge on any atom is -0.482 e. The van der Waals surface area contributed by atoms with Crippen molar-refractivity contribution in [1.29, 1.82) is 0 Å². The van der Waals surface area contributed by atoms with Crippen molar-refractivity contribution in [3.8, 4) is 5.75 Å². The van der Waals surface area contributed by atoms with Gasteiger partial charge in [-0.3, -0.25) is 4.98 Å². The molecular weight excluding hydrogens is 290 g/mol. The molecule has 3 rings (SSSR count). The Kier molecular flexibility index (Phi) is 4.34. The first-order valence-corrected chi connectivity index (χ1v) is 7.19. The number of rotatable bonds is 5. The molecule has 0 amide bonds. The van der Waals surface area contributed by atoms with E-state index in [2.05, 4.69) is 4.98 Å². The number of benzene rings is 2. The van der Waals surface area contributed by atoms with Gasteiger partial charge in [0.1, 0.15) is 5.75 Å². The molecule has 4 nitrogen and oxygen atoms in total. The third-order valence-corrected chi connectivity index (χ3v) is 3.38. The molecule has 0 unspecified atom stereocenters. The molecule has 0 aliphatic heterocycles. The maximum atomic E-state index is 10.5. The van der Waals surface area contributed by atoms with E-state index in [4.69, 9.17) is 9.84 Å². The van der Waals surface area contributed by atoms with E-state index < -0.39 is 5.97 Å². The van der Waals surface area contributed by atoms with E-state index in [1.54, 1.807) is 18.3 Å². The molecule has 4 heteroatoms. The van der Waals surface area contributed by atoms with Gasteiger partial charge >= 0.3 is 5.97 Å². The van der Waals surface area contributed by atoms with Crippen molar-refractivity contribution in [2.24, 2.45) is 0 Å². The van der Waals surface area contributed by atoms with Gasteiger partial charge in [-0.1, -0.05) is 42.5 Å². The molecule has 0 bridgehead atoms. The highest BCUT2D eigenvalue weighted by atomic mass is 16.5. The van der Waals surface area contributed by atoms with Crippen molar-refractivity contribution < 1.29 is 14.6 Å². The molecule has 114 valence electrons. The van der Waals surface area contributed by atoms with Gasteiger partial charge in [-0.05, 0) is 35.4 Å². The van der Waals surface area contributed by atoms with Gasteiger partial charge in [-0.2, -0.15) is 0 Å². The summed E-state index contributed by atoms with van der Waals surface area (Å²) in [7, 11) is 0. The van der Waals surface area contributed by atoms with Gasteiger partial charge in [0.05, 0.1) is 5.52 Å². The van der Waals surface area contributed by atoms with Crippen LogP contribution in [0.4, 0.5) is 0 Å². The number of para-hydroxylation sites is 1. The number of pyridine rings is 1. The van der Waals surface area contributed by atoms with Crippen molar-refractivity contribution >= 4 is 29.0 Å². The van der Waals surface area contributed by atoms with Crippen molar-refractivity contribution in [1.82, 2.24) is 4.98 Å². The molecule has 0 saturated carbocycles. The highest BCUT2D eigenvalue weighted by Crippen LogP contribution is 2.19. The zero-order valence-electron chi connectivity index (χ0n) is 12.3. The second kappa shape index (κ2) is 6.75. The summed E-state index contributed by atoms with van der Waals surface area (Å²) in [5.74, 6) is -0.447. The molecule has 0 aliphatic rings. The Morgan fingerprint density at radius 3 is 2.61 bits per heavy atom. The third kappa shape index (κ3) is 3.74. The van der Waals surface area contributed by atoms with E-state index in [0.717, 1.165) is 22.0 Å². The highest BCUT2D eigenvalue weighted by Gasteiger charge is 2.00. The third-order valence-electron chi connectivity index (χ3n) is 3.38. The van der Waals surface area contributed by atoms with E-state index in [1.165, 1.54) is 0 Å². The second-order valence-corrected chi connectivity index (χ2v) is 5.00. The molecule has 0 saturated heterocycles. The Bertz CT molecular complexity index is 849. The number of carboxylic acids is 1. The number of carbonyl (C=O) groups is 1. The van der Waals surface area contributed by atoms with Crippen LogP contribution in [0.5, 0.6) is 5.75 Å². The van der Waals surface area contributed by atoms with Gasteiger partial charge in [0, 0.05) is 11.6 Å². The fraction of sp³-hybridized carbons (Fsp3) is 0.0526. The van der Waals surface area contributed by atoms with Crippen molar-refractivity contribution in [3.05, 3.63) is 71.9 Å². The normalized spacial score (nSPS) is 11.0. The molecular formula is C19H15NO3. The van der Waals surface area contributed by atoms with Crippen molar-refractivity contribution in [3.63, 3.8) is 0 Å². The summed E-state index contributed by atoms with van der Waals surface area (Å²) in [6.07, 6.45) is 5.84. The molecule has 0 atom stereocenters. The average Bonchev–Trinajstić information content (AvgIpc) is 2.59. The molecule has 3 aromatic rings. The van der Waals surface area contributed by atoms with Crippen LogP contribution in [0.3, 0.4) is 0 Å². The maximum Gasteiger partial charge on any atom is 0.341 e. The van der Waals surface area contributed by atoms with E-state index in [0.29, 0.717) is 5.75 Å². The smallest absolute Gasteiger partial charge is 0.341 e. The molecule has 1 aromatic heterocycles. The number of aliphatic carboxylic acids is 1. The topological polar surface area (TPSA) is 59.4 Å². The van der Waals surface area contributed by atoms with E-state index >= 15 is 0 Å². The molecule has 0 spiro atoms. The lowest BCUT2D eigenvalue weighted by Gasteiger charge is -2.03. The van der Waals surface area contributed by atoms with Gasteiger partial charge in [0.2, 0.25) is 0 Å². The van der Waals surface area contributed by atoms with Gasteiger partial charge < -0.3 is 9.84 Å². The van der Waals surface area contributed by atoms with Gasteiger partial charge in [-0.15, -0.1) is 0 Å². The summed E-state index contributed by atoms with van der Waals surface area (Å²) in [6, 6.07) is 17.3. The quantitative estimate of drug-likeness (QED) is 0.777. The molecule has 23 heavy (non-hydrogen) atoms. The minimum absolute atomic E-state index is 0.335. The average molecular weight is 305 g/mol. The van der Waals surface area contributed by atoms with E-state index in [9.17, 15) is 4.79 Å². The lowest BCUT2D eigenvalue weighted by atomic mass is 10.1. The van der Waals surface area contributed by atoms with E-state index in [-0.39, 0.29) is 6.61 Å². The van der Waals surface area contributed by atoms with Gasteiger partial charge in [0.15, 0.2) is 6.61 Å². The zero-order valence-corrected chi connectivity index (χ0v) is 12.3. The summed E-state index contributed by atoms with van der Waals surface area (Å²) in [5, 5.41) is 9.69. The Morgan fingerprint density at radius 2 is 1.83 bits per heavy atom. The maximum absolute atomic E-state index is 10.5. The van der Waals surface area contributed by atoms with Crippen LogP contribution in [0.2, 0.25) is 0 Å². The Balaban J connectivity index is 1.78. The number of carboxylic acid groups (broad SMARTS) is 1. The van der Waals surface area contributed by atoms with Crippen LogP contribution in [-0.4, -0.2) is 22.7 Å². The predicted octanol–water partition coefficient (Wildman–Crippen LogP) is 3.87. The summed E-state index contributed by atoms with van der Waals surface area (Å²) in [4.78, 5) is 14.8. The standard InChI is InChI=1S/C19H15NO3/c21-19(22)13-23-16-9-6-14(7-10-16)5-8-15-11-12-20-18-4-2-1-3-17(15)18/h1-12H,13H2,(H,21,22)/b8-5-. The van der Waals surface area contributed by atoms with Crippen LogP contribution in [-0.2, 0) is 4.79 Å². The largest absolute Gasteiger partial charge is 0.482 e. The van der Waals surface area contributed by atoms with Crippen LogP contribution in [0.15, 0.2) is 60.8 Å². The summed E-state index contributed by atoms with van der Waals surface area (Å²) in [5.41, 5.74) is 3.07. The number of hydrogen-bond donors (Lipinski definition) is 1. The summed E-state index contributed by atoms with van der Waals surface area (Å²) < 4.78 is 5.11. The number of ether oxygens (including phenoxy) is 1. The molecule has 0 aliphatic carbocycles. The number of hydrogen-bond acceptors (Lipinski definition) is 3. The lowest BCUT2D eigenvalue weighted by molar-refractivity contribution is -0.139. The summed E-state index contributed by atoms with van der Waals surface area (Å²) in [6.45, 7) is -0.335. The SMILES string of the molecule is O=C(O)COc1ccc(/C=C\c2ccnc3ccccc23)cc1. The van der Waals surface area contributed by atoms with E-state index in [1.807, 2.05) is 54.6 Å². The number of fused-ring (bicyclic) bond motifs is 1. The predicted molar refractivity (Wildman–Crippen MR) is 90.2 cm³/mol. The fourth-order valence-electron chi connectivity index (χ4n) is 2.27. The molecule has 2 aromatic carbocycles. The zero-order chi connectivity index (χ0) is 16.1. The van der Waals surface area contributed by atoms with Crippen LogP contribution in [0.1, 0.15) is 11.1 Å². The first-order valence-electron chi connectivity index (χ1n) is 7.19. The molecule has 1 N–H and O–H groups in total.